The Hall–Kier alpha value is -1.23. The maximum Gasteiger partial charge on any atom is 0.193 e. The first-order chi connectivity index (χ1) is 8.03. The topological polar surface area (TPSA) is 51.2 Å². The van der Waals surface area contributed by atoms with Gasteiger partial charge >= 0.3 is 0 Å². The number of hydrogen-bond donors (Lipinski definition) is 0. The normalized spacial score (nSPS) is 19.1. The van der Waals surface area contributed by atoms with E-state index in [-0.39, 0.29) is 17.7 Å². The van der Waals surface area contributed by atoms with Crippen molar-refractivity contribution in [2.24, 2.45) is 0 Å². The molecule has 0 bridgehead atoms. The van der Waals surface area contributed by atoms with Crippen LogP contribution in [0.2, 0.25) is 0 Å². The van der Waals surface area contributed by atoms with Gasteiger partial charge in [-0.25, -0.2) is 12.8 Å². The molecule has 1 aliphatic carbocycles. The first kappa shape index (κ1) is 12.2. The van der Waals surface area contributed by atoms with Gasteiger partial charge in [-0.2, -0.15) is 0 Å². The van der Waals surface area contributed by atoms with E-state index in [9.17, 15) is 17.6 Å². The molecule has 1 aromatic carbocycles. The van der Waals surface area contributed by atoms with Crippen LogP contribution in [0.4, 0.5) is 4.39 Å². The van der Waals surface area contributed by atoms with Crippen LogP contribution in [0.1, 0.15) is 25.7 Å². The molecule has 0 heterocycles. The van der Waals surface area contributed by atoms with E-state index in [1.807, 2.05) is 0 Å². The number of hydrogen-bond acceptors (Lipinski definition) is 3. The molecule has 0 atom stereocenters. The molecule has 0 N–H and O–H groups in total. The van der Waals surface area contributed by atoms with Crippen LogP contribution in [-0.2, 0) is 14.6 Å². The Kier molecular flexibility index (Phi) is 3.03. The summed E-state index contributed by atoms with van der Waals surface area (Å²) >= 11 is 0. The molecule has 1 fully saturated rings. The molecule has 0 unspecified atom stereocenters. The fourth-order valence-corrected chi connectivity index (χ4v) is 4.28. The quantitative estimate of drug-likeness (QED) is 0.778. The van der Waals surface area contributed by atoms with E-state index in [0.717, 1.165) is 6.07 Å². The highest BCUT2D eigenvalue weighted by molar-refractivity contribution is 7.93. The van der Waals surface area contributed by atoms with Crippen LogP contribution in [0.15, 0.2) is 29.2 Å². The largest absolute Gasteiger partial charge is 0.302 e. The number of rotatable bonds is 3. The number of sulfone groups is 1. The Morgan fingerprint density at radius 3 is 2.29 bits per heavy atom. The molecule has 0 radical (unpaired) electrons. The van der Waals surface area contributed by atoms with Gasteiger partial charge < -0.3 is 4.79 Å². The second kappa shape index (κ2) is 4.22. The lowest BCUT2D eigenvalue weighted by Crippen LogP contribution is -2.37. The number of carbonyl (C=O) groups excluding carboxylic acids is 1. The van der Waals surface area contributed by atoms with Gasteiger partial charge in [0.25, 0.3) is 0 Å². The van der Waals surface area contributed by atoms with E-state index < -0.39 is 20.4 Å². The Morgan fingerprint density at radius 2 is 1.76 bits per heavy atom. The van der Waals surface area contributed by atoms with Gasteiger partial charge in [0, 0.05) is 0 Å². The highest BCUT2D eigenvalue weighted by Gasteiger charge is 2.47. The molecule has 0 aliphatic heterocycles. The van der Waals surface area contributed by atoms with Crippen LogP contribution in [0.3, 0.4) is 0 Å². The molecule has 5 heteroatoms. The summed E-state index contributed by atoms with van der Waals surface area (Å²) in [6.45, 7) is 0. The minimum atomic E-state index is -3.92. The molecule has 0 spiro atoms. The van der Waals surface area contributed by atoms with Crippen molar-refractivity contribution in [3.63, 3.8) is 0 Å². The Bertz CT molecular complexity index is 530. The zero-order valence-corrected chi connectivity index (χ0v) is 10.0. The molecule has 1 saturated carbocycles. The summed E-state index contributed by atoms with van der Waals surface area (Å²) in [5, 5.41) is 0. The van der Waals surface area contributed by atoms with E-state index in [1.165, 1.54) is 18.2 Å². The molecule has 1 aliphatic rings. The van der Waals surface area contributed by atoms with Gasteiger partial charge in [-0.3, -0.25) is 0 Å². The summed E-state index contributed by atoms with van der Waals surface area (Å²) in [6, 6.07) is 5.20. The Labute approximate surface area is 99.6 Å². The smallest absolute Gasteiger partial charge is 0.193 e. The monoisotopic (exact) mass is 256 g/mol. The second-order valence-corrected chi connectivity index (χ2v) is 6.58. The molecular formula is C12H13FO3S. The van der Waals surface area contributed by atoms with Crippen molar-refractivity contribution in [3.05, 3.63) is 30.1 Å². The zero-order chi connectivity index (χ0) is 12.5. The molecule has 0 amide bonds. The van der Waals surface area contributed by atoms with Gasteiger partial charge in [0.15, 0.2) is 9.84 Å². The van der Waals surface area contributed by atoms with Gasteiger partial charge in [-0.1, -0.05) is 25.0 Å². The SMILES string of the molecule is O=CC1(S(=O)(=O)c2ccccc2F)CCCC1. The third kappa shape index (κ3) is 1.78. The van der Waals surface area contributed by atoms with Crippen LogP contribution in [0.5, 0.6) is 0 Å². The Morgan fingerprint density at radius 1 is 1.18 bits per heavy atom. The first-order valence-corrected chi connectivity index (χ1v) is 6.97. The number of benzene rings is 1. The van der Waals surface area contributed by atoms with Crippen molar-refractivity contribution in [1.82, 2.24) is 0 Å². The van der Waals surface area contributed by atoms with E-state index in [4.69, 9.17) is 0 Å². The van der Waals surface area contributed by atoms with Gasteiger partial charge in [-0.05, 0) is 25.0 Å². The van der Waals surface area contributed by atoms with Crippen LogP contribution < -0.4 is 0 Å². The van der Waals surface area contributed by atoms with Crippen molar-refractivity contribution in [2.45, 2.75) is 35.3 Å². The second-order valence-electron chi connectivity index (χ2n) is 4.32. The summed E-state index contributed by atoms with van der Waals surface area (Å²) in [4.78, 5) is 10.8. The van der Waals surface area contributed by atoms with E-state index in [2.05, 4.69) is 0 Å². The average Bonchev–Trinajstić information content (AvgIpc) is 2.79. The lowest BCUT2D eigenvalue weighted by atomic mass is 10.1. The summed E-state index contributed by atoms with van der Waals surface area (Å²) in [6.07, 6.45) is 2.42. The minimum Gasteiger partial charge on any atom is -0.302 e. The first-order valence-electron chi connectivity index (χ1n) is 5.49. The number of aldehydes is 1. The molecule has 92 valence electrons. The summed E-state index contributed by atoms with van der Waals surface area (Å²) < 4.78 is 36.8. The Balaban J connectivity index is 2.57. The predicted octanol–water partition coefficient (Wildman–Crippen LogP) is 2.11. The third-order valence-electron chi connectivity index (χ3n) is 3.33. The minimum absolute atomic E-state index is 0.285. The maximum absolute atomic E-state index is 13.5. The zero-order valence-electron chi connectivity index (χ0n) is 9.23. The van der Waals surface area contributed by atoms with Crippen molar-refractivity contribution in [1.29, 1.82) is 0 Å². The van der Waals surface area contributed by atoms with E-state index in [0.29, 0.717) is 19.1 Å². The highest BCUT2D eigenvalue weighted by atomic mass is 32.2. The van der Waals surface area contributed by atoms with Crippen LogP contribution in [0.25, 0.3) is 0 Å². The summed E-state index contributed by atoms with van der Waals surface area (Å²) in [5.41, 5.74) is 0. The summed E-state index contributed by atoms with van der Waals surface area (Å²) in [5.74, 6) is -0.791. The molecule has 0 aromatic heterocycles. The fourth-order valence-electron chi connectivity index (χ4n) is 2.31. The van der Waals surface area contributed by atoms with Crippen molar-refractivity contribution >= 4 is 16.1 Å². The van der Waals surface area contributed by atoms with Gasteiger partial charge in [-0.15, -0.1) is 0 Å². The van der Waals surface area contributed by atoms with Gasteiger partial charge in [0.1, 0.15) is 21.7 Å². The average molecular weight is 256 g/mol. The van der Waals surface area contributed by atoms with Crippen molar-refractivity contribution < 1.29 is 17.6 Å². The van der Waals surface area contributed by atoms with Crippen molar-refractivity contribution in [2.75, 3.05) is 0 Å². The van der Waals surface area contributed by atoms with Crippen molar-refractivity contribution in [3.8, 4) is 0 Å². The van der Waals surface area contributed by atoms with E-state index >= 15 is 0 Å². The molecule has 0 saturated heterocycles. The molecule has 17 heavy (non-hydrogen) atoms. The molecular weight excluding hydrogens is 243 g/mol. The lowest BCUT2D eigenvalue weighted by molar-refractivity contribution is -0.109. The summed E-state index contributed by atoms with van der Waals surface area (Å²) in [7, 11) is -3.92. The van der Waals surface area contributed by atoms with Gasteiger partial charge in [0.05, 0.1) is 0 Å². The van der Waals surface area contributed by atoms with Gasteiger partial charge in [0.2, 0.25) is 0 Å². The van der Waals surface area contributed by atoms with Crippen LogP contribution in [0, 0.1) is 5.82 Å². The highest BCUT2D eigenvalue weighted by Crippen LogP contribution is 2.39. The third-order valence-corrected chi connectivity index (χ3v) is 5.81. The number of carbonyl (C=O) groups is 1. The lowest BCUT2D eigenvalue weighted by Gasteiger charge is -2.22. The predicted molar refractivity (Wildman–Crippen MR) is 60.8 cm³/mol. The number of halogens is 1. The van der Waals surface area contributed by atoms with Crippen LogP contribution in [-0.4, -0.2) is 19.5 Å². The maximum atomic E-state index is 13.5. The van der Waals surface area contributed by atoms with E-state index in [1.54, 1.807) is 0 Å². The van der Waals surface area contributed by atoms with Crippen LogP contribution >= 0.6 is 0 Å². The molecule has 2 rings (SSSR count). The molecule has 3 nitrogen and oxygen atoms in total. The molecule has 1 aromatic rings. The standard InChI is InChI=1S/C12H13FO3S/c13-10-5-1-2-6-11(10)17(15,16)12(9-14)7-3-4-8-12/h1-2,5-6,9H,3-4,7-8H2. The fraction of sp³-hybridized carbons (Fsp3) is 0.417.